The molecule has 0 aliphatic carbocycles. The first-order valence-corrected chi connectivity index (χ1v) is 7.70. The molecule has 0 fully saturated rings. The Balaban J connectivity index is 0.00000288. The number of benzene rings is 2. The second-order valence-electron chi connectivity index (χ2n) is 6.45. The summed E-state index contributed by atoms with van der Waals surface area (Å²) in [6, 6.07) is 16.3. The van der Waals surface area contributed by atoms with Crippen LogP contribution < -0.4 is 17.1 Å². The Bertz CT molecular complexity index is 639. The van der Waals surface area contributed by atoms with Crippen LogP contribution in [0.5, 0.6) is 5.75 Å². The van der Waals surface area contributed by atoms with Crippen molar-refractivity contribution in [3.05, 3.63) is 65.7 Å². The van der Waals surface area contributed by atoms with E-state index in [0.717, 1.165) is 0 Å². The fourth-order valence-electron chi connectivity index (χ4n) is 2.13. The van der Waals surface area contributed by atoms with Gasteiger partial charge in [0, 0.05) is 11.1 Å². The summed E-state index contributed by atoms with van der Waals surface area (Å²) >= 11 is 0. The van der Waals surface area contributed by atoms with Crippen molar-refractivity contribution in [2.45, 2.75) is 12.6 Å². The number of ether oxygens (including phenoxy) is 1. The molecule has 0 bridgehead atoms. The smallest absolute Gasteiger partial charge is 0.193 e. The standard InChI is InChI=1S/C19H24NO3.ClH.H2O/c1-20(2,3)18(21)13-14-23-17-11-9-16(10-12-17)19(22)15-7-5-4-6-8-15;;/h4-12,18,21H,13-14H2,1-3H3;1H;1H2/q+1;;/p-1. The highest BCUT2D eigenvalue weighted by Crippen LogP contribution is 2.16. The second-order valence-corrected chi connectivity index (χ2v) is 6.45. The van der Waals surface area contributed by atoms with E-state index in [1.165, 1.54) is 0 Å². The van der Waals surface area contributed by atoms with Gasteiger partial charge in [-0.05, 0) is 24.3 Å². The molecule has 1 atom stereocenters. The number of hydrogen-bond acceptors (Lipinski definition) is 3. The van der Waals surface area contributed by atoms with E-state index >= 15 is 0 Å². The zero-order valence-corrected chi connectivity index (χ0v) is 15.5. The number of carbonyl (C=O) groups excluding carboxylic acids is 1. The lowest BCUT2D eigenvalue weighted by molar-refractivity contribution is -0.919. The van der Waals surface area contributed by atoms with E-state index in [2.05, 4.69) is 0 Å². The van der Waals surface area contributed by atoms with Crippen molar-refractivity contribution >= 4 is 5.78 Å². The van der Waals surface area contributed by atoms with E-state index in [9.17, 15) is 9.90 Å². The average molecular weight is 368 g/mol. The third-order valence-corrected chi connectivity index (χ3v) is 3.69. The van der Waals surface area contributed by atoms with Crippen LogP contribution in [0.15, 0.2) is 54.6 Å². The molecule has 0 aliphatic rings. The SMILES string of the molecule is C[N+](C)(C)C(O)CCOc1ccc(C(=O)c2ccccc2)cc1.O.[Cl-]. The maximum atomic E-state index is 12.3. The van der Waals surface area contributed by atoms with Gasteiger partial charge in [0.25, 0.3) is 0 Å². The van der Waals surface area contributed by atoms with Gasteiger partial charge in [-0.2, -0.15) is 0 Å². The minimum absolute atomic E-state index is 0. The summed E-state index contributed by atoms with van der Waals surface area (Å²) in [5.74, 6) is 0.695. The molecule has 0 saturated carbocycles. The first kappa shape index (κ1) is 23.1. The summed E-state index contributed by atoms with van der Waals surface area (Å²) in [6.45, 7) is 0.433. The maximum absolute atomic E-state index is 12.3. The quantitative estimate of drug-likeness (QED) is 0.383. The molecule has 25 heavy (non-hydrogen) atoms. The van der Waals surface area contributed by atoms with Gasteiger partial charge in [0.15, 0.2) is 12.0 Å². The summed E-state index contributed by atoms with van der Waals surface area (Å²) < 4.78 is 6.11. The van der Waals surface area contributed by atoms with Crippen LogP contribution in [0.2, 0.25) is 0 Å². The van der Waals surface area contributed by atoms with Gasteiger partial charge < -0.3 is 32.2 Å². The largest absolute Gasteiger partial charge is 1.00 e. The molecule has 6 heteroatoms. The molecule has 0 spiro atoms. The zero-order chi connectivity index (χ0) is 16.9. The maximum Gasteiger partial charge on any atom is 0.193 e. The normalized spacial score (nSPS) is 11.7. The third-order valence-electron chi connectivity index (χ3n) is 3.69. The second kappa shape index (κ2) is 10.2. The summed E-state index contributed by atoms with van der Waals surface area (Å²) in [6.07, 6.45) is 0.0858. The van der Waals surface area contributed by atoms with Crippen LogP contribution >= 0.6 is 0 Å². The lowest BCUT2D eigenvalue weighted by Crippen LogP contribution is -3.00. The molecule has 1 unspecified atom stereocenters. The lowest BCUT2D eigenvalue weighted by Gasteiger charge is -2.29. The van der Waals surface area contributed by atoms with Crippen LogP contribution in [-0.4, -0.2) is 54.8 Å². The Hall–Kier alpha value is -1.92. The Morgan fingerprint density at radius 3 is 2.04 bits per heavy atom. The predicted molar refractivity (Wildman–Crippen MR) is 94.1 cm³/mol. The molecule has 0 heterocycles. The Morgan fingerprint density at radius 1 is 1.00 bits per heavy atom. The van der Waals surface area contributed by atoms with E-state index in [4.69, 9.17) is 4.74 Å². The molecule has 0 aliphatic heterocycles. The molecule has 0 aromatic heterocycles. The number of carbonyl (C=O) groups is 1. The number of hydrogen-bond donors (Lipinski definition) is 1. The van der Waals surface area contributed by atoms with Crippen molar-refractivity contribution in [1.82, 2.24) is 0 Å². The number of quaternary nitrogens is 1. The van der Waals surface area contributed by atoms with Gasteiger partial charge in [-0.15, -0.1) is 0 Å². The van der Waals surface area contributed by atoms with Crippen molar-refractivity contribution in [3.8, 4) is 5.75 Å². The molecule has 0 radical (unpaired) electrons. The van der Waals surface area contributed by atoms with Crippen LogP contribution in [0.25, 0.3) is 0 Å². The topological polar surface area (TPSA) is 78.0 Å². The monoisotopic (exact) mass is 367 g/mol. The fraction of sp³-hybridized carbons (Fsp3) is 0.316. The number of ketones is 1. The molecular formula is C19H26ClNO4. The number of nitrogens with zero attached hydrogens (tertiary/aromatic N) is 1. The number of aliphatic hydroxyl groups is 1. The molecule has 138 valence electrons. The van der Waals surface area contributed by atoms with Crippen LogP contribution in [0.4, 0.5) is 0 Å². The van der Waals surface area contributed by atoms with Crippen molar-refractivity contribution in [1.29, 1.82) is 0 Å². The van der Waals surface area contributed by atoms with E-state index in [-0.39, 0.29) is 23.7 Å². The van der Waals surface area contributed by atoms with Gasteiger partial charge in [-0.1, -0.05) is 30.3 Å². The van der Waals surface area contributed by atoms with E-state index < -0.39 is 6.23 Å². The predicted octanol–water partition coefficient (Wildman–Crippen LogP) is -1.11. The Kier molecular flexibility index (Phi) is 9.38. The summed E-state index contributed by atoms with van der Waals surface area (Å²) in [7, 11) is 5.82. The van der Waals surface area contributed by atoms with E-state index in [1.807, 2.05) is 39.3 Å². The first-order chi connectivity index (χ1) is 10.9. The summed E-state index contributed by atoms with van der Waals surface area (Å²) in [5.41, 5.74) is 1.31. The van der Waals surface area contributed by atoms with Gasteiger partial charge in [0.1, 0.15) is 5.75 Å². The molecule has 5 nitrogen and oxygen atoms in total. The highest BCUT2D eigenvalue weighted by atomic mass is 35.5. The van der Waals surface area contributed by atoms with E-state index in [0.29, 0.717) is 34.4 Å². The molecule has 2 aromatic carbocycles. The molecule has 0 saturated heterocycles. The first-order valence-electron chi connectivity index (χ1n) is 7.70. The van der Waals surface area contributed by atoms with Gasteiger partial charge in [-0.3, -0.25) is 4.79 Å². The van der Waals surface area contributed by atoms with Crippen LogP contribution in [0, 0.1) is 0 Å². The number of halogens is 1. The molecule has 2 rings (SSSR count). The average Bonchev–Trinajstić information content (AvgIpc) is 2.54. The number of aliphatic hydroxyl groups excluding tert-OH is 1. The lowest BCUT2D eigenvalue weighted by atomic mass is 10.0. The Labute approximate surface area is 155 Å². The van der Waals surface area contributed by atoms with Gasteiger partial charge in [-0.25, -0.2) is 0 Å². The summed E-state index contributed by atoms with van der Waals surface area (Å²) in [5, 5.41) is 9.95. The Morgan fingerprint density at radius 2 is 1.52 bits per heavy atom. The van der Waals surface area contributed by atoms with Crippen molar-refractivity contribution < 1.29 is 37.0 Å². The highest BCUT2D eigenvalue weighted by Gasteiger charge is 2.20. The van der Waals surface area contributed by atoms with Gasteiger partial charge in [0.05, 0.1) is 34.2 Å². The van der Waals surface area contributed by atoms with Crippen molar-refractivity contribution in [2.24, 2.45) is 0 Å². The molecule has 2 aromatic rings. The van der Waals surface area contributed by atoms with Gasteiger partial charge in [0.2, 0.25) is 0 Å². The van der Waals surface area contributed by atoms with Gasteiger partial charge >= 0.3 is 0 Å². The van der Waals surface area contributed by atoms with E-state index in [1.54, 1.807) is 36.4 Å². The summed E-state index contributed by atoms with van der Waals surface area (Å²) in [4.78, 5) is 12.3. The van der Waals surface area contributed by atoms with Crippen molar-refractivity contribution in [3.63, 3.8) is 0 Å². The zero-order valence-electron chi connectivity index (χ0n) is 14.8. The van der Waals surface area contributed by atoms with Crippen molar-refractivity contribution in [2.75, 3.05) is 27.7 Å². The molecular weight excluding hydrogens is 342 g/mol. The molecule has 3 N–H and O–H groups in total. The minimum Gasteiger partial charge on any atom is -1.00 e. The van der Waals surface area contributed by atoms with Crippen LogP contribution in [0.3, 0.4) is 0 Å². The van der Waals surface area contributed by atoms with Crippen LogP contribution in [0.1, 0.15) is 22.3 Å². The fourth-order valence-corrected chi connectivity index (χ4v) is 2.13. The minimum atomic E-state index is -0.464. The van der Waals surface area contributed by atoms with Crippen LogP contribution in [-0.2, 0) is 0 Å². The molecule has 0 amide bonds. The number of rotatable bonds is 7. The third kappa shape index (κ3) is 6.84. The highest BCUT2D eigenvalue weighted by molar-refractivity contribution is 6.08.